The number of unbranched alkanes of at least 4 members (excludes halogenated alkanes) is 2. The van der Waals surface area contributed by atoms with Gasteiger partial charge in [0.1, 0.15) is 0 Å². The van der Waals surface area contributed by atoms with Crippen LogP contribution in [-0.4, -0.2) is 57.1 Å². The molecule has 7 nitrogen and oxygen atoms in total. The highest BCUT2D eigenvalue weighted by Crippen LogP contribution is 2.31. The van der Waals surface area contributed by atoms with E-state index >= 15 is 0 Å². The summed E-state index contributed by atoms with van der Waals surface area (Å²) in [5.74, 6) is 1.87. The SMILES string of the molecule is CCCCNC(=O)[C@H](C)C[C@H](O)[C@@H](N)C[C@H](Cc1ccc(OC)c(OCCCCOC)c1)C(C)C.Cl. The van der Waals surface area contributed by atoms with Crippen molar-refractivity contribution >= 4 is 18.3 Å². The van der Waals surface area contributed by atoms with E-state index in [2.05, 4.69) is 38.2 Å². The zero-order chi connectivity index (χ0) is 26.2. The average molecular weight is 531 g/mol. The number of ether oxygens (including phenoxy) is 3. The first-order valence-corrected chi connectivity index (χ1v) is 13.2. The molecule has 0 radical (unpaired) electrons. The van der Waals surface area contributed by atoms with E-state index in [4.69, 9.17) is 19.9 Å². The summed E-state index contributed by atoms with van der Waals surface area (Å²) in [6.07, 6.45) is 5.03. The Hall–Kier alpha value is -1.54. The highest BCUT2D eigenvalue weighted by atomic mass is 35.5. The number of rotatable bonds is 19. The zero-order valence-electron chi connectivity index (χ0n) is 23.3. The van der Waals surface area contributed by atoms with Crippen molar-refractivity contribution in [2.75, 3.05) is 34.0 Å². The number of aliphatic hydroxyl groups is 1. The zero-order valence-corrected chi connectivity index (χ0v) is 24.1. The first-order valence-electron chi connectivity index (χ1n) is 13.2. The molecule has 0 aliphatic rings. The number of methoxy groups -OCH3 is 2. The average Bonchev–Trinajstić information content (AvgIpc) is 2.83. The van der Waals surface area contributed by atoms with E-state index in [1.54, 1.807) is 14.2 Å². The van der Waals surface area contributed by atoms with Gasteiger partial charge in [-0.1, -0.05) is 40.2 Å². The van der Waals surface area contributed by atoms with Crippen LogP contribution in [0.5, 0.6) is 11.5 Å². The topological polar surface area (TPSA) is 103 Å². The van der Waals surface area contributed by atoms with Crippen LogP contribution < -0.4 is 20.5 Å². The van der Waals surface area contributed by atoms with Gasteiger partial charge in [-0.25, -0.2) is 0 Å². The van der Waals surface area contributed by atoms with Gasteiger partial charge in [0.25, 0.3) is 0 Å². The van der Waals surface area contributed by atoms with Gasteiger partial charge in [0.2, 0.25) is 5.91 Å². The maximum atomic E-state index is 12.3. The molecule has 36 heavy (non-hydrogen) atoms. The molecule has 0 aliphatic heterocycles. The Morgan fingerprint density at radius 3 is 2.36 bits per heavy atom. The smallest absolute Gasteiger partial charge is 0.222 e. The Kier molecular flexibility index (Phi) is 18.7. The maximum absolute atomic E-state index is 12.3. The lowest BCUT2D eigenvalue weighted by Gasteiger charge is -2.28. The number of nitrogens with two attached hydrogens (primary N) is 1. The van der Waals surface area contributed by atoms with Crippen molar-refractivity contribution in [2.24, 2.45) is 23.5 Å². The number of hydrogen-bond acceptors (Lipinski definition) is 6. The highest BCUT2D eigenvalue weighted by molar-refractivity contribution is 5.85. The van der Waals surface area contributed by atoms with Crippen LogP contribution in [-0.2, 0) is 16.0 Å². The summed E-state index contributed by atoms with van der Waals surface area (Å²) < 4.78 is 16.6. The molecule has 4 N–H and O–H groups in total. The molecular weight excluding hydrogens is 480 g/mol. The van der Waals surface area contributed by atoms with Gasteiger partial charge in [0.15, 0.2) is 11.5 Å². The molecule has 0 spiro atoms. The summed E-state index contributed by atoms with van der Waals surface area (Å²) in [6, 6.07) is 5.68. The number of benzene rings is 1. The van der Waals surface area contributed by atoms with E-state index in [-0.39, 0.29) is 36.2 Å². The Morgan fingerprint density at radius 2 is 1.75 bits per heavy atom. The second-order valence-corrected chi connectivity index (χ2v) is 9.99. The fourth-order valence-corrected chi connectivity index (χ4v) is 4.10. The highest BCUT2D eigenvalue weighted by Gasteiger charge is 2.26. The molecule has 0 aliphatic carbocycles. The van der Waals surface area contributed by atoms with Crippen LogP contribution in [0.25, 0.3) is 0 Å². The fourth-order valence-electron chi connectivity index (χ4n) is 4.10. The fraction of sp³-hybridized carbons (Fsp3) is 0.750. The molecule has 0 unspecified atom stereocenters. The summed E-state index contributed by atoms with van der Waals surface area (Å²) >= 11 is 0. The number of halogens is 1. The van der Waals surface area contributed by atoms with Gasteiger partial charge in [0.05, 0.1) is 19.8 Å². The third kappa shape index (κ3) is 13.1. The number of carbonyl (C=O) groups excluding carboxylic acids is 1. The van der Waals surface area contributed by atoms with Crippen LogP contribution in [0.3, 0.4) is 0 Å². The monoisotopic (exact) mass is 530 g/mol. The van der Waals surface area contributed by atoms with Crippen molar-refractivity contribution in [1.82, 2.24) is 5.32 Å². The minimum atomic E-state index is -0.718. The molecular formula is C28H51ClN2O5. The second-order valence-electron chi connectivity index (χ2n) is 9.99. The molecule has 0 aromatic heterocycles. The molecule has 0 saturated heterocycles. The van der Waals surface area contributed by atoms with Crippen LogP contribution in [0.2, 0.25) is 0 Å². The Labute approximate surface area is 225 Å². The molecule has 1 aromatic carbocycles. The van der Waals surface area contributed by atoms with Crippen LogP contribution in [0, 0.1) is 17.8 Å². The lowest BCUT2D eigenvalue weighted by molar-refractivity contribution is -0.125. The minimum Gasteiger partial charge on any atom is -0.493 e. The summed E-state index contributed by atoms with van der Waals surface area (Å²) in [5, 5.41) is 13.7. The van der Waals surface area contributed by atoms with Crippen molar-refractivity contribution < 1.29 is 24.1 Å². The Balaban J connectivity index is 0.0000122. The maximum Gasteiger partial charge on any atom is 0.222 e. The van der Waals surface area contributed by atoms with Crippen molar-refractivity contribution in [3.8, 4) is 11.5 Å². The molecule has 1 amide bonds. The number of aliphatic hydroxyl groups excluding tert-OH is 1. The van der Waals surface area contributed by atoms with Gasteiger partial charge in [-0.05, 0) is 68.1 Å². The quantitative estimate of drug-likeness (QED) is 0.223. The van der Waals surface area contributed by atoms with E-state index in [9.17, 15) is 9.90 Å². The van der Waals surface area contributed by atoms with Crippen molar-refractivity contribution in [3.05, 3.63) is 23.8 Å². The van der Waals surface area contributed by atoms with Gasteiger partial charge in [-0.3, -0.25) is 4.79 Å². The van der Waals surface area contributed by atoms with E-state index in [0.29, 0.717) is 31.9 Å². The lowest BCUT2D eigenvalue weighted by atomic mass is 9.82. The predicted molar refractivity (Wildman–Crippen MR) is 149 cm³/mol. The van der Waals surface area contributed by atoms with Gasteiger partial charge in [0, 0.05) is 32.2 Å². The first-order chi connectivity index (χ1) is 16.7. The molecule has 1 aromatic rings. The normalized spacial score (nSPS) is 14.5. The van der Waals surface area contributed by atoms with Gasteiger partial charge >= 0.3 is 0 Å². The van der Waals surface area contributed by atoms with E-state index in [0.717, 1.165) is 55.8 Å². The summed E-state index contributed by atoms with van der Waals surface area (Å²) in [4.78, 5) is 12.3. The minimum absolute atomic E-state index is 0. The predicted octanol–water partition coefficient (Wildman–Crippen LogP) is 4.76. The molecule has 0 heterocycles. The molecule has 0 bridgehead atoms. The summed E-state index contributed by atoms with van der Waals surface area (Å²) in [6.45, 7) is 10.3. The van der Waals surface area contributed by atoms with E-state index < -0.39 is 6.10 Å². The summed E-state index contributed by atoms with van der Waals surface area (Å²) in [7, 11) is 3.35. The molecule has 0 fully saturated rings. The van der Waals surface area contributed by atoms with Crippen LogP contribution >= 0.6 is 12.4 Å². The van der Waals surface area contributed by atoms with Crippen molar-refractivity contribution in [3.63, 3.8) is 0 Å². The molecule has 210 valence electrons. The van der Waals surface area contributed by atoms with Crippen molar-refractivity contribution in [2.45, 2.75) is 84.8 Å². The number of amides is 1. The van der Waals surface area contributed by atoms with E-state index in [1.165, 1.54) is 0 Å². The number of nitrogens with one attached hydrogen (secondary N) is 1. The van der Waals surface area contributed by atoms with Crippen LogP contribution in [0.1, 0.15) is 71.8 Å². The van der Waals surface area contributed by atoms with Crippen LogP contribution in [0.15, 0.2) is 18.2 Å². The first kappa shape index (κ1) is 34.5. The van der Waals surface area contributed by atoms with Gasteiger partial charge in [-0.15, -0.1) is 12.4 Å². The molecule has 8 heteroatoms. The third-order valence-electron chi connectivity index (χ3n) is 6.61. The van der Waals surface area contributed by atoms with E-state index in [1.807, 2.05) is 13.0 Å². The van der Waals surface area contributed by atoms with Crippen LogP contribution in [0.4, 0.5) is 0 Å². The second kappa shape index (κ2) is 19.6. The molecule has 0 saturated carbocycles. The lowest BCUT2D eigenvalue weighted by Crippen LogP contribution is -2.41. The number of hydrogen-bond donors (Lipinski definition) is 3. The van der Waals surface area contributed by atoms with Gasteiger partial charge < -0.3 is 30.4 Å². The summed E-state index contributed by atoms with van der Waals surface area (Å²) in [5.41, 5.74) is 7.58. The molecule has 1 rings (SSSR count). The third-order valence-corrected chi connectivity index (χ3v) is 6.61. The number of carbonyl (C=O) groups is 1. The Bertz CT molecular complexity index is 719. The van der Waals surface area contributed by atoms with Crippen molar-refractivity contribution in [1.29, 1.82) is 0 Å². The Morgan fingerprint density at radius 1 is 1.06 bits per heavy atom. The standard InChI is InChI=1S/C28H50N2O5.ClH/c1-7-8-13-30-28(32)21(4)16-25(31)24(29)19-23(20(2)3)17-22-11-12-26(34-6)27(18-22)35-15-10-9-14-33-5;/h11-12,18,20-21,23-25,31H,7-10,13-17,19,29H2,1-6H3,(H,30,32);1H/t21-,23+,24+,25+;/m1./s1. The molecule has 4 atom stereocenters. The largest absolute Gasteiger partial charge is 0.493 e. The van der Waals surface area contributed by atoms with Gasteiger partial charge in [-0.2, -0.15) is 0 Å².